The van der Waals surface area contributed by atoms with E-state index >= 15 is 0 Å². The molecule has 11 heteroatoms. The fourth-order valence-electron chi connectivity index (χ4n) is 5.74. The summed E-state index contributed by atoms with van der Waals surface area (Å²) >= 11 is 0. The van der Waals surface area contributed by atoms with E-state index < -0.39 is 0 Å². The maximum atomic E-state index is 13.7. The Balaban J connectivity index is 0.00000417. The third-order valence-electron chi connectivity index (χ3n) is 8.71. The van der Waals surface area contributed by atoms with Gasteiger partial charge in [0.15, 0.2) is 0 Å². The Kier molecular flexibility index (Phi) is 18.3. The number of rotatable bonds is 17. The summed E-state index contributed by atoms with van der Waals surface area (Å²) in [4.78, 5) is 32.1. The van der Waals surface area contributed by atoms with Crippen LogP contribution in [0, 0.1) is 6.92 Å². The summed E-state index contributed by atoms with van der Waals surface area (Å²) in [5, 5.41) is 0. The number of ether oxygens (including phenoxy) is 3. The average Bonchev–Trinajstić information content (AvgIpc) is 3.09. The number of benzene rings is 3. The summed E-state index contributed by atoms with van der Waals surface area (Å²) in [7, 11) is 5.50. The highest BCUT2D eigenvalue weighted by atomic mass is 35.5. The highest BCUT2D eigenvalue weighted by Crippen LogP contribution is 2.31. The smallest absolute Gasteiger partial charge is 0.258 e. The summed E-state index contributed by atoms with van der Waals surface area (Å²) < 4.78 is 17.9. The SMILES string of the molecule is COc1cc(C(=O)N(C)c2ccc(C)cc2OCCCCCC(=O)N2CCN(C)CC2)ccc1CCc1ccccc1OCCCN.Cl.Cl. The zero-order chi connectivity index (χ0) is 33.6. The number of hydrogen-bond acceptors (Lipinski definition) is 7. The van der Waals surface area contributed by atoms with Crippen molar-refractivity contribution in [1.29, 1.82) is 0 Å². The van der Waals surface area contributed by atoms with Crippen LogP contribution >= 0.6 is 24.8 Å². The van der Waals surface area contributed by atoms with E-state index in [1.54, 1.807) is 19.1 Å². The number of carbonyl (C=O) groups is 2. The fraction of sp³-hybridized carbons (Fsp3) is 0.474. The van der Waals surface area contributed by atoms with Gasteiger partial charge in [0.2, 0.25) is 5.91 Å². The minimum atomic E-state index is -0.148. The van der Waals surface area contributed by atoms with Crippen molar-refractivity contribution in [1.82, 2.24) is 9.80 Å². The lowest BCUT2D eigenvalue weighted by atomic mass is 10.0. The molecule has 0 unspecified atom stereocenters. The number of methoxy groups -OCH3 is 1. The van der Waals surface area contributed by atoms with Crippen molar-refractivity contribution >= 4 is 42.3 Å². The number of nitrogens with zero attached hydrogens (tertiary/aromatic N) is 3. The predicted octanol–water partition coefficient (Wildman–Crippen LogP) is 6.35. The third-order valence-corrected chi connectivity index (χ3v) is 8.71. The van der Waals surface area contributed by atoms with Crippen LogP contribution < -0.4 is 24.8 Å². The lowest BCUT2D eigenvalue weighted by Crippen LogP contribution is -2.47. The van der Waals surface area contributed by atoms with Crippen LogP contribution in [0.2, 0.25) is 0 Å². The van der Waals surface area contributed by atoms with E-state index in [9.17, 15) is 9.59 Å². The van der Waals surface area contributed by atoms with Crippen molar-refractivity contribution in [3.05, 3.63) is 82.9 Å². The van der Waals surface area contributed by atoms with Crippen LogP contribution in [-0.4, -0.2) is 88.8 Å². The van der Waals surface area contributed by atoms with Crippen molar-refractivity contribution in [3.63, 3.8) is 0 Å². The Hall–Kier alpha value is -3.50. The highest BCUT2D eigenvalue weighted by molar-refractivity contribution is 6.06. The van der Waals surface area contributed by atoms with Gasteiger partial charge in [-0.2, -0.15) is 0 Å². The van der Waals surface area contributed by atoms with Gasteiger partial charge in [-0.05, 0) is 106 Å². The Morgan fingerprint density at radius 2 is 1.47 bits per heavy atom. The van der Waals surface area contributed by atoms with Crippen molar-refractivity contribution in [2.75, 3.05) is 72.0 Å². The molecule has 0 aliphatic carbocycles. The zero-order valence-electron chi connectivity index (χ0n) is 29.4. The molecule has 0 aromatic heterocycles. The molecular formula is C38H54Cl2N4O5. The van der Waals surface area contributed by atoms with E-state index in [1.807, 2.05) is 66.4 Å². The van der Waals surface area contributed by atoms with Gasteiger partial charge in [-0.1, -0.05) is 30.3 Å². The third kappa shape index (κ3) is 12.4. The normalized spacial score (nSPS) is 12.8. The molecule has 49 heavy (non-hydrogen) atoms. The first kappa shape index (κ1) is 41.7. The monoisotopic (exact) mass is 716 g/mol. The van der Waals surface area contributed by atoms with Gasteiger partial charge in [-0.3, -0.25) is 9.59 Å². The maximum Gasteiger partial charge on any atom is 0.258 e. The van der Waals surface area contributed by atoms with Crippen LogP contribution in [0.3, 0.4) is 0 Å². The molecule has 1 aliphatic rings. The minimum absolute atomic E-state index is 0. The number of aryl methyl sites for hydroxylation is 3. The molecule has 0 radical (unpaired) electrons. The van der Waals surface area contributed by atoms with E-state index in [2.05, 4.69) is 18.0 Å². The molecule has 0 bridgehead atoms. The Bertz CT molecular complexity index is 1470. The first-order valence-electron chi connectivity index (χ1n) is 16.9. The van der Waals surface area contributed by atoms with Gasteiger partial charge >= 0.3 is 0 Å². The first-order valence-corrected chi connectivity index (χ1v) is 16.9. The van der Waals surface area contributed by atoms with E-state index in [0.29, 0.717) is 48.9 Å². The lowest BCUT2D eigenvalue weighted by Gasteiger charge is -2.32. The second-order valence-corrected chi connectivity index (χ2v) is 12.3. The van der Waals surface area contributed by atoms with Gasteiger partial charge in [0.05, 0.1) is 26.0 Å². The molecule has 1 saturated heterocycles. The molecule has 3 aromatic rings. The number of amides is 2. The van der Waals surface area contributed by atoms with Crippen molar-refractivity contribution in [2.45, 2.75) is 51.9 Å². The van der Waals surface area contributed by atoms with E-state index in [0.717, 1.165) is 87.1 Å². The standard InChI is InChI=1S/C38H52N4O5.2ClH/c1-29-14-19-33(36(27-29)47-25-9-5-6-13-37(43)42-23-21-40(2)22-24-42)41(3)38(44)32-18-17-31(35(28-32)45-4)16-15-30-11-7-8-12-34(30)46-26-10-20-39;;/h7-8,11-12,14,17-19,27-28H,5-6,9-10,13,15-16,20-26,39H2,1-4H3;2*1H. The Labute approximate surface area is 304 Å². The summed E-state index contributed by atoms with van der Waals surface area (Å²) in [6, 6.07) is 19.6. The van der Waals surface area contributed by atoms with E-state index in [1.165, 1.54) is 0 Å². The summed E-state index contributed by atoms with van der Waals surface area (Å²) in [5.74, 6) is 2.33. The average molecular weight is 718 g/mol. The number of halogens is 2. The van der Waals surface area contributed by atoms with Crippen molar-refractivity contribution in [2.24, 2.45) is 5.73 Å². The first-order chi connectivity index (χ1) is 22.8. The van der Waals surface area contributed by atoms with Gasteiger partial charge in [0, 0.05) is 45.2 Å². The quantitative estimate of drug-likeness (QED) is 0.163. The second kappa shape index (κ2) is 21.6. The molecule has 9 nitrogen and oxygen atoms in total. The second-order valence-electron chi connectivity index (χ2n) is 12.3. The number of likely N-dealkylation sites (N-methyl/N-ethyl adjacent to an activating group) is 1. The van der Waals surface area contributed by atoms with Crippen LogP contribution in [-0.2, 0) is 17.6 Å². The topological polar surface area (TPSA) is 97.6 Å². The number of unbranched alkanes of at least 4 members (excludes halogenated alkanes) is 2. The van der Waals surface area contributed by atoms with Gasteiger partial charge in [-0.15, -0.1) is 24.8 Å². The molecule has 270 valence electrons. The predicted molar refractivity (Wildman–Crippen MR) is 202 cm³/mol. The molecular weight excluding hydrogens is 663 g/mol. The molecule has 3 aromatic carbocycles. The minimum Gasteiger partial charge on any atom is -0.496 e. The number of carbonyl (C=O) groups excluding carboxylic acids is 2. The zero-order valence-corrected chi connectivity index (χ0v) is 31.1. The van der Waals surface area contributed by atoms with E-state index in [4.69, 9.17) is 19.9 Å². The van der Waals surface area contributed by atoms with E-state index in [-0.39, 0.29) is 36.6 Å². The molecule has 1 heterocycles. The van der Waals surface area contributed by atoms with Gasteiger partial charge in [0.1, 0.15) is 17.2 Å². The summed E-state index contributed by atoms with van der Waals surface area (Å²) in [5.41, 5.74) is 10.1. The molecule has 2 amide bonds. The summed E-state index contributed by atoms with van der Waals surface area (Å²) in [6.45, 7) is 7.24. The van der Waals surface area contributed by atoms with Gasteiger partial charge < -0.3 is 34.6 Å². The number of piperazine rings is 1. The largest absolute Gasteiger partial charge is 0.496 e. The van der Waals surface area contributed by atoms with Crippen LogP contribution in [0.5, 0.6) is 17.2 Å². The molecule has 2 N–H and O–H groups in total. The molecule has 1 aliphatic heterocycles. The Morgan fingerprint density at radius 3 is 2.18 bits per heavy atom. The summed E-state index contributed by atoms with van der Waals surface area (Å²) in [6.07, 6.45) is 5.50. The highest BCUT2D eigenvalue weighted by Gasteiger charge is 2.20. The van der Waals surface area contributed by atoms with Crippen LogP contribution in [0.4, 0.5) is 5.69 Å². The molecule has 1 fully saturated rings. The molecule has 0 saturated carbocycles. The molecule has 4 rings (SSSR count). The maximum absolute atomic E-state index is 13.7. The van der Waals surface area contributed by atoms with Gasteiger partial charge in [-0.25, -0.2) is 0 Å². The van der Waals surface area contributed by atoms with Crippen molar-refractivity contribution in [3.8, 4) is 17.2 Å². The van der Waals surface area contributed by atoms with Crippen LogP contribution in [0.1, 0.15) is 59.2 Å². The van der Waals surface area contributed by atoms with Gasteiger partial charge in [0.25, 0.3) is 5.91 Å². The number of anilines is 1. The van der Waals surface area contributed by atoms with Crippen LogP contribution in [0.15, 0.2) is 60.7 Å². The van der Waals surface area contributed by atoms with Crippen molar-refractivity contribution < 1.29 is 23.8 Å². The number of para-hydroxylation sites is 1. The fourth-order valence-corrected chi connectivity index (χ4v) is 5.74. The number of hydrogen-bond donors (Lipinski definition) is 1. The number of nitrogens with two attached hydrogens (primary N) is 1. The Morgan fingerprint density at radius 1 is 0.796 bits per heavy atom. The molecule has 0 atom stereocenters. The van der Waals surface area contributed by atoms with Crippen LogP contribution in [0.25, 0.3) is 0 Å². The molecule has 0 spiro atoms. The lowest BCUT2D eigenvalue weighted by molar-refractivity contribution is -0.132.